The van der Waals surface area contributed by atoms with E-state index >= 15 is 0 Å². The van der Waals surface area contributed by atoms with Crippen LogP contribution < -0.4 is 0 Å². The second kappa shape index (κ2) is 6.68. The lowest BCUT2D eigenvalue weighted by atomic mass is 9.81. The molecule has 1 heterocycles. The summed E-state index contributed by atoms with van der Waals surface area (Å²) < 4.78 is 65.4. The largest absolute Gasteiger partial charge is 0.417 e. The average Bonchev–Trinajstić information content (AvgIpc) is 2.58. The number of aromatic nitrogens is 1. The summed E-state index contributed by atoms with van der Waals surface area (Å²) in [6.45, 7) is 1.59. The molecule has 1 aliphatic rings. The van der Waals surface area contributed by atoms with E-state index in [2.05, 4.69) is 4.98 Å². The molecule has 27 heavy (non-hydrogen) atoms. The molecule has 0 bridgehead atoms. The van der Waals surface area contributed by atoms with Crippen LogP contribution in [-0.4, -0.2) is 16.6 Å². The fourth-order valence-electron chi connectivity index (χ4n) is 3.01. The second-order valence-corrected chi connectivity index (χ2v) is 5.99. The maximum absolute atomic E-state index is 14.0. The van der Waals surface area contributed by atoms with Crippen molar-refractivity contribution in [1.29, 1.82) is 0 Å². The zero-order valence-electron chi connectivity index (χ0n) is 14.0. The number of rotatable bonds is 3. The van der Waals surface area contributed by atoms with Crippen molar-refractivity contribution in [3.05, 3.63) is 75.6 Å². The quantitative estimate of drug-likeness (QED) is 0.724. The maximum atomic E-state index is 14.0. The Kier molecular flexibility index (Phi) is 4.67. The van der Waals surface area contributed by atoms with Crippen molar-refractivity contribution in [3.63, 3.8) is 0 Å². The van der Waals surface area contributed by atoms with Crippen molar-refractivity contribution in [2.45, 2.75) is 25.9 Å². The van der Waals surface area contributed by atoms with Crippen LogP contribution in [0.3, 0.4) is 0 Å². The number of halogens is 5. The molecule has 1 aliphatic carbocycles. The monoisotopic (exact) mass is 381 g/mol. The highest BCUT2D eigenvalue weighted by atomic mass is 19.4. The lowest BCUT2D eigenvalue weighted by molar-refractivity contribution is -0.137. The normalized spacial score (nSPS) is 14.6. The summed E-state index contributed by atoms with van der Waals surface area (Å²) in [5, 5.41) is 0. The van der Waals surface area contributed by atoms with Crippen LogP contribution in [0.15, 0.2) is 41.6 Å². The first kappa shape index (κ1) is 18.9. The minimum Gasteiger partial charge on any atom is -0.289 e. The number of benzene rings is 1. The van der Waals surface area contributed by atoms with E-state index < -0.39 is 46.1 Å². The van der Waals surface area contributed by atoms with Crippen LogP contribution in [0.2, 0.25) is 0 Å². The summed E-state index contributed by atoms with van der Waals surface area (Å²) in [4.78, 5) is 29.0. The summed E-state index contributed by atoms with van der Waals surface area (Å²) in [6.07, 6.45) is -4.03. The van der Waals surface area contributed by atoms with Gasteiger partial charge in [0.15, 0.2) is 11.6 Å². The molecule has 2 aromatic rings. The van der Waals surface area contributed by atoms with Gasteiger partial charge < -0.3 is 0 Å². The fraction of sp³-hybridized carbons (Fsp3) is 0.211. The molecular formula is C19H12F5NO2. The van der Waals surface area contributed by atoms with Gasteiger partial charge in [-0.15, -0.1) is 0 Å². The highest BCUT2D eigenvalue weighted by Crippen LogP contribution is 2.33. The zero-order valence-corrected chi connectivity index (χ0v) is 14.0. The Hall–Kier alpha value is -2.90. The van der Waals surface area contributed by atoms with Crippen molar-refractivity contribution in [1.82, 2.24) is 4.98 Å². The van der Waals surface area contributed by atoms with Crippen LogP contribution in [0.4, 0.5) is 22.0 Å². The van der Waals surface area contributed by atoms with Crippen molar-refractivity contribution in [2.24, 2.45) is 0 Å². The Balaban J connectivity index is 2.04. The molecule has 0 N–H and O–H groups in total. The molecule has 140 valence electrons. The predicted molar refractivity (Wildman–Crippen MR) is 85.3 cm³/mol. The van der Waals surface area contributed by atoms with Crippen LogP contribution in [0.1, 0.15) is 45.3 Å². The molecule has 0 saturated heterocycles. The van der Waals surface area contributed by atoms with Crippen molar-refractivity contribution in [3.8, 4) is 0 Å². The molecule has 3 nitrogen and oxygen atoms in total. The maximum Gasteiger partial charge on any atom is 0.417 e. The molecule has 0 fully saturated rings. The number of carbonyl (C=O) groups is 2. The van der Waals surface area contributed by atoms with Crippen LogP contribution >= 0.6 is 0 Å². The van der Waals surface area contributed by atoms with Gasteiger partial charge in [-0.1, -0.05) is 6.92 Å². The van der Waals surface area contributed by atoms with Gasteiger partial charge in [-0.2, -0.15) is 13.2 Å². The third kappa shape index (κ3) is 3.39. The Bertz CT molecular complexity index is 975. The standard InChI is InChI=1S/C19H12F5NO2/c1-2-12-13(7-11-4-3-9(8-25-11)19(22,23)24)17(26)14-5-10(20)6-15(21)16(14)18(12)27/h3-6,8H,2,7H2,1H3. The fourth-order valence-corrected chi connectivity index (χ4v) is 3.01. The molecule has 0 unspecified atom stereocenters. The van der Waals surface area contributed by atoms with Crippen LogP contribution in [0, 0.1) is 11.6 Å². The summed E-state index contributed by atoms with van der Waals surface area (Å²) in [5.41, 5.74) is -1.67. The molecule has 0 amide bonds. The predicted octanol–water partition coefficient (Wildman–Crippen LogP) is 4.71. The molecule has 0 radical (unpaired) electrons. The van der Waals surface area contributed by atoms with Gasteiger partial charge in [-0.05, 0) is 24.6 Å². The highest BCUT2D eigenvalue weighted by molar-refractivity contribution is 6.27. The van der Waals surface area contributed by atoms with Crippen molar-refractivity contribution in [2.75, 3.05) is 0 Å². The second-order valence-electron chi connectivity index (χ2n) is 5.99. The van der Waals surface area contributed by atoms with Gasteiger partial charge in [0.2, 0.25) is 0 Å². The number of ketones is 2. The molecular weight excluding hydrogens is 369 g/mol. The first-order chi connectivity index (χ1) is 12.6. The van der Waals surface area contributed by atoms with Gasteiger partial charge in [-0.25, -0.2) is 8.78 Å². The van der Waals surface area contributed by atoms with Gasteiger partial charge >= 0.3 is 6.18 Å². The third-order valence-electron chi connectivity index (χ3n) is 4.30. The van der Waals surface area contributed by atoms with Gasteiger partial charge in [0.25, 0.3) is 0 Å². The Labute approximate surface area is 150 Å². The van der Waals surface area contributed by atoms with Crippen LogP contribution in [0.25, 0.3) is 0 Å². The molecule has 0 aliphatic heterocycles. The number of fused-ring (bicyclic) bond motifs is 1. The Morgan fingerprint density at radius 3 is 2.26 bits per heavy atom. The summed E-state index contributed by atoms with van der Waals surface area (Å²) in [6, 6.07) is 3.23. The minimum atomic E-state index is -4.55. The summed E-state index contributed by atoms with van der Waals surface area (Å²) >= 11 is 0. The Morgan fingerprint density at radius 2 is 1.70 bits per heavy atom. The highest BCUT2D eigenvalue weighted by Gasteiger charge is 2.35. The van der Waals surface area contributed by atoms with E-state index in [0.29, 0.717) is 12.3 Å². The molecule has 1 aromatic carbocycles. The molecule has 8 heteroatoms. The van der Waals surface area contributed by atoms with Crippen molar-refractivity contribution < 1.29 is 31.5 Å². The van der Waals surface area contributed by atoms with Gasteiger partial charge in [0.05, 0.1) is 11.1 Å². The van der Waals surface area contributed by atoms with E-state index in [9.17, 15) is 31.5 Å². The number of allylic oxidation sites excluding steroid dienone is 2. The van der Waals surface area contributed by atoms with Crippen LogP contribution in [0.5, 0.6) is 0 Å². The van der Waals surface area contributed by atoms with E-state index in [-0.39, 0.29) is 29.7 Å². The molecule has 0 saturated carbocycles. The third-order valence-corrected chi connectivity index (χ3v) is 4.30. The van der Waals surface area contributed by atoms with E-state index in [1.54, 1.807) is 6.92 Å². The van der Waals surface area contributed by atoms with Crippen LogP contribution in [-0.2, 0) is 12.6 Å². The number of hydrogen-bond donors (Lipinski definition) is 0. The lowest BCUT2D eigenvalue weighted by Crippen LogP contribution is -2.25. The number of pyridine rings is 1. The summed E-state index contributed by atoms with van der Waals surface area (Å²) in [5.74, 6) is -3.59. The number of carbonyl (C=O) groups excluding carboxylic acids is 2. The van der Waals surface area contributed by atoms with Crippen molar-refractivity contribution >= 4 is 11.6 Å². The average molecular weight is 381 g/mol. The van der Waals surface area contributed by atoms with E-state index in [1.165, 1.54) is 0 Å². The van der Waals surface area contributed by atoms with Gasteiger partial charge in [-0.3, -0.25) is 14.6 Å². The first-order valence-electron chi connectivity index (χ1n) is 7.96. The number of Topliss-reactive ketones (excluding diaryl/α,β-unsaturated/α-hetero) is 2. The Morgan fingerprint density at radius 1 is 1.00 bits per heavy atom. The van der Waals surface area contributed by atoms with Gasteiger partial charge in [0.1, 0.15) is 11.6 Å². The molecule has 0 spiro atoms. The topological polar surface area (TPSA) is 47.0 Å². The van der Waals surface area contributed by atoms with E-state index in [0.717, 1.165) is 18.2 Å². The zero-order chi connectivity index (χ0) is 19.9. The molecule has 0 atom stereocenters. The smallest absolute Gasteiger partial charge is 0.289 e. The van der Waals surface area contributed by atoms with Gasteiger partial charge in [0, 0.05) is 41.1 Å². The molecule has 3 rings (SSSR count). The van der Waals surface area contributed by atoms with E-state index in [1.807, 2.05) is 0 Å². The number of hydrogen-bond acceptors (Lipinski definition) is 3. The SMILES string of the molecule is CCC1=C(Cc2ccc(C(F)(F)F)cn2)C(=O)c2cc(F)cc(F)c2C1=O. The number of alkyl halides is 3. The minimum absolute atomic E-state index is 0.0211. The molecule has 1 aromatic heterocycles. The summed E-state index contributed by atoms with van der Waals surface area (Å²) in [7, 11) is 0. The number of nitrogens with zero attached hydrogens (tertiary/aromatic N) is 1. The van der Waals surface area contributed by atoms with E-state index in [4.69, 9.17) is 0 Å². The first-order valence-corrected chi connectivity index (χ1v) is 7.96. The lowest BCUT2D eigenvalue weighted by Gasteiger charge is -2.21.